The number of allylic oxidation sites excluding steroid dienone is 1. The van der Waals surface area contributed by atoms with Crippen molar-refractivity contribution in [3.05, 3.63) is 12.2 Å². The predicted molar refractivity (Wildman–Crippen MR) is 201 cm³/mol. The fraction of sp³-hybridized carbons (Fsp3) is 0.872. The lowest BCUT2D eigenvalue weighted by molar-refractivity contribution is -0.150. The maximum Gasteiger partial charge on any atom is 0.306 e. The van der Waals surface area contributed by atoms with E-state index < -0.39 is 0 Å². The lowest BCUT2D eigenvalue weighted by atomic mass is 10.0. The van der Waals surface area contributed by atoms with Crippen molar-refractivity contribution in [2.45, 2.75) is 175 Å². The Hall–Kier alpha value is -1.54. The van der Waals surface area contributed by atoms with Crippen LogP contribution in [0.1, 0.15) is 168 Å². The molecule has 0 aromatic carbocycles. The number of nitrogens with zero attached hydrogens (tertiary/aromatic N) is 2. The summed E-state index contributed by atoms with van der Waals surface area (Å²) < 4.78 is 11.3. The second-order valence-corrected chi connectivity index (χ2v) is 14.4. The normalized spacial score (nSPS) is 11.6. The Bertz CT molecular complexity index is 762. The van der Waals surface area contributed by atoms with Crippen molar-refractivity contribution in [3.8, 4) is 0 Å². The molecular formula is C39H74N2O5S. The van der Waals surface area contributed by atoms with Gasteiger partial charge in [0, 0.05) is 38.2 Å². The molecule has 0 saturated carbocycles. The first-order valence-corrected chi connectivity index (χ1v) is 20.4. The number of carbonyl (C=O) groups excluding carboxylic acids is 3. The zero-order valence-electron chi connectivity index (χ0n) is 31.4. The van der Waals surface area contributed by atoms with Crippen LogP contribution in [-0.4, -0.2) is 79.2 Å². The first kappa shape index (κ1) is 45.5. The molecule has 0 atom stereocenters. The van der Waals surface area contributed by atoms with Crippen LogP contribution >= 0.6 is 11.8 Å². The Morgan fingerprint density at radius 2 is 1.17 bits per heavy atom. The quantitative estimate of drug-likeness (QED) is 0.0387. The minimum atomic E-state index is -0.216. The zero-order valence-corrected chi connectivity index (χ0v) is 32.2. The average molecular weight is 683 g/mol. The average Bonchev–Trinajstić information content (AvgIpc) is 3.04. The third-order valence-corrected chi connectivity index (χ3v) is 9.32. The molecule has 0 aliphatic heterocycles. The molecule has 0 bridgehead atoms. The van der Waals surface area contributed by atoms with E-state index in [2.05, 4.69) is 31.7 Å². The van der Waals surface area contributed by atoms with E-state index in [-0.39, 0.29) is 23.3 Å². The molecule has 0 saturated heterocycles. The molecule has 8 heteroatoms. The van der Waals surface area contributed by atoms with Crippen LogP contribution < -0.4 is 0 Å². The second kappa shape index (κ2) is 34.3. The summed E-state index contributed by atoms with van der Waals surface area (Å²) in [4.78, 5) is 41.9. The first-order valence-electron chi connectivity index (χ1n) is 19.4. The highest BCUT2D eigenvalue weighted by Gasteiger charge is 2.17. The van der Waals surface area contributed by atoms with E-state index in [4.69, 9.17) is 9.47 Å². The number of ether oxygens (including phenoxy) is 2. The lowest BCUT2D eigenvalue weighted by Gasteiger charge is -2.22. The molecule has 0 rings (SSSR count). The van der Waals surface area contributed by atoms with Crippen LogP contribution in [0.3, 0.4) is 0 Å². The predicted octanol–water partition coefficient (Wildman–Crippen LogP) is 10.7. The number of hydrogen-bond acceptors (Lipinski definition) is 7. The first-order chi connectivity index (χ1) is 22.8. The van der Waals surface area contributed by atoms with Crippen molar-refractivity contribution in [1.82, 2.24) is 9.80 Å². The monoisotopic (exact) mass is 683 g/mol. The summed E-state index contributed by atoms with van der Waals surface area (Å²) in [6, 6.07) is 0. The Morgan fingerprint density at radius 1 is 0.617 bits per heavy atom. The van der Waals surface area contributed by atoms with Crippen molar-refractivity contribution in [1.29, 1.82) is 0 Å². The summed E-state index contributed by atoms with van der Waals surface area (Å²) in [5.41, 5.74) is 0. The van der Waals surface area contributed by atoms with E-state index in [1.54, 1.807) is 0 Å². The number of unbranched alkanes of at least 4 members (excludes halogenated alkanes) is 14. The SMILES string of the molecule is CCCCCC/C=C\COC(=O)CCCN(CCCCCC(=O)OC(CCCCCCC)CCCCCCC)C(=O)SCCN(C)C. The maximum absolute atomic E-state index is 13.0. The number of rotatable bonds is 33. The number of carbonyl (C=O) groups is 3. The van der Waals surface area contributed by atoms with Gasteiger partial charge >= 0.3 is 11.9 Å². The van der Waals surface area contributed by atoms with Crippen molar-refractivity contribution >= 4 is 28.9 Å². The van der Waals surface area contributed by atoms with Gasteiger partial charge < -0.3 is 19.3 Å². The van der Waals surface area contributed by atoms with Gasteiger partial charge in [-0.05, 0) is 71.9 Å². The molecule has 1 amide bonds. The van der Waals surface area contributed by atoms with E-state index in [1.165, 1.54) is 88.8 Å². The maximum atomic E-state index is 13.0. The van der Waals surface area contributed by atoms with E-state index in [0.29, 0.717) is 39.0 Å². The van der Waals surface area contributed by atoms with Crippen LogP contribution in [0, 0.1) is 0 Å². The smallest absolute Gasteiger partial charge is 0.306 e. The van der Waals surface area contributed by atoms with Crippen LogP contribution in [0.15, 0.2) is 12.2 Å². The molecule has 0 N–H and O–H groups in total. The van der Waals surface area contributed by atoms with Gasteiger partial charge in [0.05, 0.1) is 0 Å². The van der Waals surface area contributed by atoms with E-state index in [0.717, 1.165) is 63.7 Å². The fourth-order valence-electron chi connectivity index (χ4n) is 5.41. The third-order valence-electron chi connectivity index (χ3n) is 8.43. The molecule has 0 aliphatic carbocycles. The zero-order chi connectivity index (χ0) is 34.8. The van der Waals surface area contributed by atoms with Gasteiger partial charge in [-0.3, -0.25) is 14.4 Å². The molecule has 0 aromatic rings. The highest BCUT2D eigenvalue weighted by molar-refractivity contribution is 8.13. The summed E-state index contributed by atoms with van der Waals surface area (Å²) in [6.45, 7) is 9.00. The molecule has 0 fully saturated rings. The van der Waals surface area contributed by atoms with Crippen molar-refractivity contribution in [2.24, 2.45) is 0 Å². The van der Waals surface area contributed by atoms with Gasteiger partial charge in [-0.25, -0.2) is 0 Å². The Morgan fingerprint density at radius 3 is 1.79 bits per heavy atom. The third kappa shape index (κ3) is 31.5. The summed E-state index contributed by atoms with van der Waals surface area (Å²) >= 11 is 1.34. The van der Waals surface area contributed by atoms with Gasteiger partial charge in [0.25, 0.3) is 5.24 Å². The van der Waals surface area contributed by atoms with E-state index >= 15 is 0 Å². The molecule has 0 aromatic heterocycles. The summed E-state index contributed by atoms with van der Waals surface area (Å²) in [7, 11) is 4.01. The molecule has 0 unspecified atom stereocenters. The van der Waals surface area contributed by atoms with Gasteiger partial charge in [0.15, 0.2) is 0 Å². The van der Waals surface area contributed by atoms with E-state index in [9.17, 15) is 14.4 Å². The van der Waals surface area contributed by atoms with E-state index in [1.807, 2.05) is 25.1 Å². The van der Waals surface area contributed by atoms with Gasteiger partial charge in [0.2, 0.25) is 0 Å². The van der Waals surface area contributed by atoms with Crippen molar-refractivity contribution < 1.29 is 23.9 Å². The molecule has 0 radical (unpaired) electrons. The second-order valence-electron chi connectivity index (χ2n) is 13.3. The van der Waals surface area contributed by atoms with Crippen molar-refractivity contribution in [3.63, 3.8) is 0 Å². The molecule has 47 heavy (non-hydrogen) atoms. The number of esters is 2. The number of amides is 1. The topological polar surface area (TPSA) is 76.1 Å². The Labute approximate surface area is 294 Å². The van der Waals surface area contributed by atoms with Crippen LogP contribution in [0.25, 0.3) is 0 Å². The van der Waals surface area contributed by atoms with Crippen LogP contribution in [0.4, 0.5) is 4.79 Å². The summed E-state index contributed by atoms with van der Waals surface area (Å²) in [5, 5.41) is 0.0614. The molecule has 7 nitrogen and oxygen atoms in total. The van der Waals surface area contributed by atoms with Gasteiger partial charge in [-0.15, -0.1) is 0 Å². The summed E-state index contributed by atoms with van der Waals surface area (Å²) in [5.74, 6) is 0.445. The van der Waals surface area contributed by atoms with Crippen LogP contribution in [-0.2, 0) is 19.1 Å². The molecule has 0 heterocycles. The summed E-state index contributed by atoms with van der Waals surface area (Å²) in [6.07, 6.45) is 28.1. The van der Waals surface area contributed by atoms with Crippen molar-refractivity contribution in [2.75, 3.05) is 46.1 Å². The minimum absolute atomic E-state index is 0.0521. The van der Waals surface area contributed by atoms with Crippen LogP contribution in [0.5, 0.6) is 0 Å². The van der Waals surface area contributed by atoms with Gasteiger partial charge in [0.1, 0.15) is 12.7 Å². The minimum Gasteiger partial charge on any atom is -0.462 e. The van der Waals surface area contributed by atoms with Gasteiger partial charge in [-0.1, -0.05) is 122 Å². The van der Waals surface area contributed by atoms with Gasteiger partial charge in [-0.2, -0.15) is 0 Å². The standard InChI is InChI=1S/C39H74N2O5S/c1-6-9-12-15-16-19-25-34-45-37(42)30-26-32-41(39(44)47-35-33-40(4)5)31-24-20-23-29-38(43)46-36(27-21-17-13-10-7-2)28-22-18-14-11-8-3/h19,25,36H,6-18,20-24,26-35H2,1-5H3/b25-19-. The highest BCUT2D eigenvalue weighted by atomic mass is 32.2. The largest absolute Gasteiger partial charge is 0.462 e. The molecule has 0 spiro atoms. The molecular weight excluding hydrogens is 609 g/mol. The molecule has 0 aliphatic rings. The fourth-order valence-corrected chi connectivity index (χ4v) is 6.41. The Kier molecular flexibility index (Phi) is 33.2. The number of thioether (sulfide) groups is 1. The number of hydrogen-bond donors (Lipinski definition) is 0. The highest BCUT2D eigenvalue weighted by Crippen LogP contribution is 2.18. The molecule has 276 valence electrons. The Balaban J connectivity index is 4.57. The van der Waals surface area contributed by atoms with Crippen LogP contribution in [0.2, 0.25) is 0 Å². The lowest BCUT2D eigenvalue weighted by Crippen LogP contribution is -2.31.